The van der Waals surface area contributed by atoms with E-state index in [0.717, 1.165) is 23.5 Å². The zero-order chi connectivity index (χ0) is 15.5. The normalized spacial score (nSPS) is 14.6. The largest absolute Gasteiger partial charge is 0.359 e. The maximum Gasteiger partial charge on any atom is 0.265 e. The van der Waals surface area contributed by atoms with Crippen LogP contribution in [-0.2, 0) is 4.79 Å². The van der Waals surface area contributed by atoms with Gasteiger partial charge in [-0.1, -0.05) is 12.1 Å². The molecule has 1 aromatic carbocycles. The molecule has 2 aromatic rings. The van der Waals surface area contributed by atoms with Crippen LogP contribution >= 0.6 is 11.3 Å². The zero-order valence-electron chi connectivity index (χ0n) is 12.3. The van der Waals surface area contributed by atoms with E-state index in [1.807, 2.05) is 47.5 Å². The van der Waals surface area contributed by atoms with Gasteiger partial charge in [-0.2, -0.15) is 0 Å². The average molecular weight is 315 g/mol. The first-order valence-electron chi connectivity index (χ1n) is 7.10. The number of rotatable bonds is 3. The molecule has 1 aliphatic heterocycles. The molecular formula is C16H17N3O2S. The summed E-state index contributed by atoms with van der Waals surface area (Å²) in [6.07, 6.45) is 0. The maximum absolute atomic E-state index is 12.3. The Hall–Kier alpha value is -2.34. The Morgan fingerprint density at radius 1 is 1.36 bits per heavy atom. The van der Waals surface area contributed by atoms with Crippen LogP contribution in [0.4, 0.5) is 11.4 Å². The number of amides is 2. The molecule has 0 bridgehead atoms. The third kappa shape index (κ3) is 3.12. The second kappa shape index (κ2) is 6.19. The molecule has 0 saturated carbocycles. The topological polar surface area (TPSA) is 61.4 Å². The van der Waals surface area contributed by atoms with Crippen molar-refractivity contribution in [2.45, 2.75) is 6.92 Å². The lowest BCUT2D eigenvalue weighted by Gasteiger charge is -2.30. The quantitative estimate of drug-likeness (QED) is 0.913. The van der Waals surface area contributed by atoms with Crippen LogP contribution < -0.4 is 15.5 Å². The minimum Gasteiger partial charge on any atom is -0.359 e. The number of carbonyl (C=O) groups excluding carboxylic acids is 2. The van der Waals surface area contributed by atoms with Crippen LogP contribution in [-0.4, -0.2) is 31.4 Å². The summed E-state index contributed by atoms with van der Waals surface area (Å²) in [6, 6.07) is 9.45. The number of thiophene rings is 1. The standard InChI is InChI=1S/C16H17N3O2S/c1-11-8-14(22-10-11)16(21)18-12-4-2-3-5-13(12)19-7-6-17-15(20)9-19/h2-5,8,10H,6-7,9H2,1H3,(H,17,20)(H,18,21). The molecule has 1 fully saturated rings. The van der Waals surface area contributed by atoms with Gasteiger partial charge < -0.3 is 15.5 Å². The van der Waals surface area contributed by atoms with E-state index in [-0.39, 0.29) is 11.8 Å². The number of piperazine rings is 1. The molecule has 22 heavy (non-hydrogen) atoms. The lowest BCUT2D eigenvalue weighted by molar-refractivity contribution is -0.120. The maximum atomic E-state index is 12.3. The molecular weight excluding hydrogens is 298 g/mol. The van der Waals surface area contributed by atoms with Crippen LogP contribution in [0.25, 0.3) is 0 Å². The minimum absolute atomic E-state index is 0.00117. The van der Waals surface area contributed by atoms with Crippen molar-refractivity contribution < 1.29 is 9.59 Å². The van der Waals surface area contributed by atoms with Gasteiger partial charge in [-0.15, -0.1) is 11.3 Å². The number of hydrogen-bond donors (Lipinski definition) is 2. The molecule has 3 rings (SSSR count). The summed E-state index contributed by atoms with van der Waals surface area (Å²) in [4.78, 5) is 26.6. The molecule has 0 atom stereocenters. The first kappa shape index (κ1) is 14.6. The Morgan fingerprint density at radius 3 is 2.91 bits per heavy atom. The van der Waals surface area contributed by atoms with Crippen LogP contribution in [0.15, 0.2) is 35.7 Å². The number of aryl methyl sites for hydroxylation is 1. The van der Waals surface area contributed by atoms with Gasteiger partial charge in [-0.3, -0.25) is 9.59 Å². The summed E-state index contributed by atoms with van der Waals surface area (Å²) in [5.41, 5.74) is 2.68. The molecule has 5 nitrogen and oxygen atoms in total. The van der Waals surface area contributed by atoms with Gasteiger partial charge in [0.15, 0.2) is 0 Å². The first-order chi connectivity index (χ1) is 10.6. The highest BCUT2D eigenvalue weighted by atomic mass is 32.1. The molecule has 6 heteroatoms. The van der Waals surface area contributed by atoms with Gasteiger partial charge in [0.25, 0.3) is 5.91 Å². The monoisotopic (exact) mass is 315 g/mol. The highest BCUT2D eigenvalue weighted by molar-refractivity contribution is 7.12. The Kier molecular flexibility index (Phi) is 4.11. The predicted octanol–water partition coefficient (Wildman–Crippen LogP) is 2.25. The first-order valence-corrected chi connectivity index (χ1v) is 7.98. The molecule has 2 N–H and O–H groups in total. The number of hydrogen-bond acceptors (Lipinski definition) is 4. The predicted molar refractivity (Wildman–Crippen MR) is 88.7 cm³/mol. The number of carbonyl (C=O) groups is 2. The van der Waals surface area contributed by atoms with Crippen molar-refractivity contribution in [1.82, 2.24) is 5.32 Å². The Morgan fingerprint density at radius 2 is 2.18 bits per heavy atom. The fourth-order valence-corrected chi connectivity index (χ4v) is 3.23. The Bertz CT molecular complexity index is 711. The van der Waals surface area contributed by atoms with Gasteiger partial charge in [0.05, 0.1) is 22.8 Å². The van der Waals surface area contributed by atoms with E-state index in [0.29, 0.717) is 18.0 Å². The lowest BCUT2D eigenvalue weighted by atomic mass is 10.2. The van der Waals surface area contributed by atoms with Crippen LogP contribution in [0, 0.1) is 6.92 Å². The number of anilines is 2. The number of nitrogens with zero attached hydrogens (tertiary/aromatic N) is 1. The summed E-state index contributed by atoms with van der Waals surface area (Å²) < 4.78 is 0. The molecule has 0 radical (unpaired) electrons. The highest BCUT2D eigenvalue weighted by Gasteiger charge is 2.20. The smallest absolute Gasteiger partial charge is 0.265 e. The van der Waals surface area contributed by atoms with Gasteiger partial charge in [-0.05, 0) is 36.1 Å². The van der Waals surface area contributed by atoms with Crippen LogP contribution in [0.1, 0.15) is 15.2 Å². The van der Waals surface area contributed by atoms with E-state index < -0.39 is 0 Å². The molecule has 1 saturated heterocycles. The van der Waals surface area contributed by atoms with Gasteiger partial charge in [0.2, 0.25) is 5.91 Å². The van der Waals surface area contributed by atoms with Crippen molar-refractivity contribution in [3.05, 3.63) is 46.2 Å². The molecule has 114 valence electrons. The van der Waals surface area contributed by atoms with Gasteiger partial charge in [-0.25, -0.2) is 0 Å². The number of para-hydroxylation sites is 2. The third-order valence-corrected chi connectivity index (χ3v) is 4.53. The molecule has 0 aliphatic carbocycles. The Balaban J connectivity index is 1.82. The van der Waals surface area contributed by atoms with Crippen LogP contribution in [0.3, 0.4) is 0 Å². The molecule has 2 heterocycles. The molecule has 0 spiro atoms. The SMILES string of the molecule is Cc1csc(C(=O)Nc2ccccc2N2CCNC(=O)C2)c1. The van der Waals surface area contributed by atoms with E-state index in [1.54, 1.807) is 0 Å². The van der Waals surface area contributed by atoms with Crippen molar-refractivity contribution in [3.63, 3.8) is 0 Å². The minimum atomic E-state index is -0.119. The number of nitrogens with one attached hydrogen (secondary N) is 2. The molecule has 1 aromatic heterocycles. The second-order valence-electron chi connectivity index (χ2n) is 5.23. The van der Waals surface area contributed by atoms with Gasteiger partial charge in [0.1, 0.15) is 0 Å². The van der Waals surface area contributed by atoms with E-state index in [1.165, 1.54) is 11.3 Å². The summed E-state index contributed by atoms with van der Waals surface area (Å²) in [7, 11) is 0. The summed E-state index contributed by atoms with van der Waals surface area (Å²) >= 11 is 1.43. The van der Waals surface area contributed by atoms with Crippen molar-refractivity contribution in [1.29, 1.82) is 0 Å². The van der Waals surface area contributed by atoms with E-state index in [9.17, 15) is 9.59 Å². The van der Waals surface area contributed by atoms with E-state index >= 15 is 0 Å². The van der Waals surface area contributed by atoms with Crippen LogP contribution in [0.5, 0.6) is 0 Å². The van der Waals surface area contributed by atoms with E-state index in [4.69, 9.17) is 0 Å². The molecule has 0 unspecified atom stereocenters. The fourth-order valence-electron chi connectivity index (χ4n) is 2.43. The Labute approximate surface area is 132 Å². The molecule has 2 amide bonds. The fraction of sp³-hybridized carbons (Fsp3) is 0.250. The third-order valence-electron chi connectivity index (χ3n) is 3.49. The number of benzene rings is 1. The molecule has 1 aliphatic rings. The van der Waals surface area contributed by atoms with Gasteiger partial charge >= 0.3 is 0 Å². The summed E-state index contributed by atoms with van der Waals surface area (Å²) in [5, 5.41) is 7.71. The van der Waals surface area contributed by atoms with Crippen molar-refractivity contribution in [3.8, 4) is 0 Å². The summed E-state index contributed by atoms with van der Waals surface area (Å²) in [5.74, 6) is -0.117. The van der Waals surface area contributed by atoms with Crippen molar-refractivity contribution >= 4 is 34.5 Å². The van der Waals surface area contributed by atoms with E-state index in [2.05, 4.69) is 10.6 Å². The van der Waals surface area contributed by atoms with Crippen molar-refractivity contribution in [2.75, 3.05) is 29.9 Å². The van der Waals surface area contributed by atoms with Gasteiger partial charge in [0, 0.05) is 13.1 Å². The highest BCUT2D eigenvalue weighted by Crippen LogP contribution is 2.27. The second-order valence-corrected chi connectivity index (χ2v) is 6.14. The van der Waals surface area contributed by atoms with Crippen LogP contribution in [0.2, 0.25) is 0 Å². The lowest BCUT2D eigenvalue weighted by Crippen LogP contribution is -2.47. The average Bonchev–Trinajstić information content (AvgIpc) is 2.94. The summed E-state index contributed by atoms with van der Waals surface area (Å²) in [6.45, 7) is 3.63. The zero-order valence-corrected chi connectivity index (χ0v) is 13.1. The van der Waals surface area contributed by atoms with Crippen molar-refractivity contribution in [2.24, 2.45) is 0 Å².